The summed E-state index contributed by atoms with van der Waals surface area (Å²) in [5, 5.41) is 9.87. The fourth-order valence-electron chi connectivity index (χ4n) is 2.98. The number of carbonyl (C=O) groups is 1. The van der Waals surface area contributed by atoms with E-state index in [1.54, 1.807) is 47.1 Å². The number of morpholine rings is 1. The SMILES string of the molecule is Cn1ccnc1C(=O)N1CCO[C@@](CO)(Cc2ccccc2F)C1. The zero-order valence-corrected chi connectivity index (χ0v) is 13.5. The van der Waals surface area contributed by atoms with Crippen molar-refractivity contribution in [3.8, 4) is 0 Å². The van der Waals surface area contributed by atoms with Crippen molar-refractivity contribution in [1.29, 1.82) is 0 Å². The van der Waals surface area contributed by atoms with Crippen molar-refractivity contribution in [3.05, 3.63) is 53.9 Å². The highest BCUT2D eigenvalue weighted by atomic mass is 19.1. The highest BCUT2D eigenvalue weighted by Crippen LogP contribution is 2.25. The molecule has 0 radical (unpaired) electrons. The van der Waals surface area contributed by atoms with E-state index in [9.17, 15) is 14.3 Å². The van der Waals surface area contributed by atoms with Gasteiger partial charge in [-0.25, -0.2) is 9.37 Å². The maximum Gasteiger partial charge on any atom is 0.290 e. The van der Waals surface area contributed by atoms with Crippen LogP contribution in [0.15, 0.2) is 36.7 Å². The summed E-state index contributed by atoms with van der Waals surface area (Å²) in [6, 6.07) is 6.39. The first kappa shape index (κ1) is 16.6. The summed E-state index contributed by atoms with van der Waals surface area (Å²) in [6.07, 6.45) is 3.46. The van der Waals surface area contributed by atoms with Gasteiger partial charge in [-0.15, -0.1) is 0 Å². The van der Waals surface area contributed by atoms with Crippen LogP contribution >= 0.6 is 0 Å². The van der Waals surface area contributed by atoms with E-state index in [-0.39, 0.29) is 37.9 Å². The van der Waals surface area contributed by atoms with Crippen molar-refractivity contribution < 1.29 is 19.0 Å². The molecule has 24 heavy (non-hydrogen) atoms. The quantitative estimate of drug-likeness (QED) is 0.907. The summed E-state index contributed by atoms with van der Waals surface area (Å²) in [5.41, 5.74) is -0.556. The van der Waals surface area contributed by atoms with Gasteiger partial charge in [0.1, 0.15) is 11.4 Å². The number of rotatable bonds is 4. The molecule has 2 heterocycles. The summed E-state index contributed by atoms with van der Waals surface area (Å²) in [6.45, 7) is 0.575. The van der Waals surface area contributed by atoms with Gasteiger partial charge in [-0.2, -0.15) is 0 Å². The third-order valence-corrected chi connectivity index (χ3v) is 4.31. The van der Waals surface area contributed by atoms with E-state index in [1.165, 1.54) is 6.07 Å². The Labute approximate surface area is 139 Å². The number of nitrogens with zero attached hydrogens (tertiary/aromatic N) is 3. The molecular weight excluding hydrogens is 313 g/mol. The molecule has 1 N–H and O–H groups in total. The topological polar surface area (TPSA) is 67.6 Å². The molecule has 1 saturated heterocycles. The van der Waals surface area contributed by atoms with Crippen molar-refractivity contribution in [1.82, 2.24) is 14.5 Å². The minimum absolute atomic E-state index is 0.184. The fraction of sp³-hybridized carbons (Fsp3) is 0.412. The predicted molar refractivity (Wildman–Crippen MR) is 85.0 cm³/mol. The second kappa shape index (κ2) is 6.70. The van der Waals surface area contributed by atoms with Gasteiger partial charge < -0.3 is 19.3 Å². The number of aliphatic hydroxyl groups excluding tert-OH is 1. The second-order valence-corrected chi connectivity index (χ2v) is 6.05. The zero-order chi connectivity index (χ0) is 17.2. The Balaban J connectivity index is 1.81. The lowest BCUT2D eigenvalue weighted by Gasteiger charge is -2.41. The van der Waals surface area contributed by atoms with Crippen molar-refractivity contribution in [2.75, 3.05) is 26.3 Å². The van der Waals surface area contributed by atoms with E-state index in [2.05, 4.69) is 4.98 Å². The second-order valence-electron chi connectivity index (χ2n) is 6.05. The molecule has 0 bridgehead atoms. The van der Waals surface area contributed by atoms with Crippen molar-refractivity contribution in [3.63, 3.8) is 0 Å². The lowest BCUT2D eigenvalue weighted by atomic mass is 9.92. The van der Waals surface area contributed by atoms with Gasteiger partial charge in [0.15, 0.2) is 5.82 Å². The monoisotopic (exact) mass is 333 g/mol. The minimum atomic E-state index is -1.01. The number of hydrogen-bond acceptors (Lipinski definition) is 4. The maximum absolute atomic E-state index is 14.0. The highest BCUT2D eigenvalue weighted by molar-refractivity contribution is 5.91. The first-order chi connectivity index (χ1) is 11.5. The maximum atomic E-state index is 14.0. The van der Waals surface area contributed by atoms with Gasteiger partial charge in [0.25, 0.3) is 5.91 Å². The number of aliphatic hydroxyl groups is 1. The summed E-state index contributed by atoms with van der Waals surface area (Å²) in [4.78, 5) is 18.3. The van der Waals surface area contributed by atoms with Gasteiger partial charge in [0, 0.05) is 32.4 Å². The van der Waals surface area contributed by atoms with E-state index in [4.69, 9.17) is 4.74 Å². The molecular formula is C17H20FN3O3. The van der Waals surface area contributed by atoms with Crippen LogP contribution in [0.1, 0.15) is 16.2 Å². The summed E-state index contributed by atoms with van der Waals surface area (Å²) >= 11 is 0. The number of ether oxygens (including phenoxy) is 1. The Hall–Kier alpha value is -2.25. The van der Waals surface area contributed by atoms with Gasteiger partial charge >= 0.3 is 0 Å². The summed E-state index contributed by atoms with van der Waals surface area (Å²) in [5.74, 6) is -0.242. The van der Waals surface area contributed by atoms with Crippen LogP contribution in [0.25, 0.3) is 0 Å². The van der Waals surface area contributed by atoms with Crippen LogP contribution in [-0.2, 0) is 18.2 Å². The average molecular weight is 333 g/mol. The molecule has 1 aromatic carbocycles. The largest absolute Gasteiger partial charge is 0.393 e. The van der Waals surface area contributed by atoms with E-state index in [1.807, 2.05) is 0 Å². The van der Waals surface area contributed by atoms with E-state index < -0.39 is 5.60 Å². The van der Waals surface area contributed by atoms with Gasteiger partial charge in [0.2, 0.25) is 0 Å². The van der Waals surface area contributed by atoms with Crippen LogP contribution in [0.5, 0.6) is 0 Å². The van der Waals surface area contributed by atoms with Gasteiger partial charge in [-0.1, -0.05) is 18.2 Å². The molecule has 2 aromatic rings. The third kappa shape index (κ3) is 3.18. The molecule has 3 rings (SSSR count). The zero-order valence-electron chi connectivity index (χ0n) is 13.5. The number of aryl methyl sites for hydroxylation is 1. The van der Waals surface area contributed by atoms with E-state index >= 15 is 0 Å². The molecule has 0 spiro atoms. The fourth-order valence-corrected chi connectivity index (χ4v) is 2.98. The molecule has 1 aromatic heterocycles. The average Bonchev–Trinajstić information content (AvgIpc) is 3.02. The summed E-state index contributed by atoms with van der Waals surface area (Å²) in [7, 11) is 1.75. The predicted octanol–water partition coefficient (Wildman–Crippen LogP) is 1.01. The van der Waals surface area contributed by atoms with Crippen molar-refractivity contribution in [2.24, 2.45) is 7.05 Å². The number of imidazole rings is 1. The highest BCUT2D eigenvalue weighted by Gasteiger charge is 2.39. The molecule has 7 heteroatoms. The smallest absolute Gasteiger partial charge is 0.290 e. The number of benzene rings is 1. The van der Waals surface area contributed by atoms with Crippen LogP contribution in [-0.4, -0.2) is 57.4 Å². The third-order valence-electron chi connectivity index (χ3n) is 4.31. The lowest BCUT2D eigenvalue weighted by Crippen LogP contribution is -2.57. The Morgan fingerprint density at radius 3 is 2.92 bits per heavy atom. The molecule has 1 aliphatic rings. The molecule has 1 aliphatic heterocycles. The van der Waals surface area contributed by atoms with Crippen LogP contribution in [0, 0.1) is 5.82 Å². The molecule has 0 saturated carbocycles. The first-order valence-electron chi connectivity index (χ1n) is 7.79. The van der Waals surface area contributed by atoms with Crippen LogP contribution < -0.4 is 0 Å². The number of halogens is 1. The normalized spacial score (nSPS) is 21.0. The molecule has 1 atom stereocenters. The molecule has 0 unspecified atom stereocenters. The van der Waals surface area contributed by atoms with Crippen LogP contribution in [0.4, 0.5) is 4.39 Å². The number of amides is 1. The van der Waals surface area contributed by atoms with E-state index in [0.717, 1.165) is 0 Å². The van der Waals surface area contributed by atoms with Gasteiger partial charge in [-0.3, -0.25) is 4.79 Å². The van der Waals surface area contributed by atoms with E-state index in [0.29, 0.717) is 17.9 Å². The number of carbonyl (C=O) groups excluding carboxylic acids is 1. The molecule has 1 fully saturated rings. The van der Waals surface area contributed by atoms with Crippen molar-refractivity contribution >= 4 is 5.91 Å². The van der Waals surface area contributed by atoms with Crippen LogP contribution in [0.3, 0.4) is 0 Å². The standard InChI is InChI=1S/C17H20FN3O3/c1-20-7-6-19-15(20)16(23)21-8-9-24-17(11-21,12-22)10-13-4-2-3-5-14(13)18/h2-7,22H,8-12H2,1H3/t17-/m0/s1. The Bertz CT molecular complexity index is 733. The molecule has 0 aliphatic carbocycles. The molecule has 128 valence electrons. The number of aromatic nitrogens is 2. The molecule has 6 nitrogen and oxygen atoms in total. The van der Waals surface area contributed by atoms with Gasteiger partial charge in [-0.05, 0) is 11.6 Å². The first-order valence-corrected chi connectivity index (χ1v) is 7.79. The van der Waals surface area contributed by atoms with Gasteiger partial charge in [0.05, 0.1) is 19.8 Å². The van der Waals surface area contributed by atoms with Crippen molar-refractivity contribution in [2.45, 2.75) is 12.0 Å². The Kier molecular flexibility index (Phi) is 4.64. The summed E-state index contributed by atoms with van der Waals surface area (Å²) < 4.78 is 21.4. The Morgan fingerprint density at radius 1 is 1.46 bits per heavy atom. The minimum Gasteiger partial charge on any atom is -0.393 e. The Morgan fingerprint density at radius 2 is 2.25 bits per heavy atom. The number of hydrogen-bond donors (Lipinski definition) is 1. The van der Waals surface area contributed by atoms with Crippen LogP contribution in [0.2, 0.25) is 0 Å². The molecule has 1 amide bonds. The lowest BCUT2D eigenvalue weighted by molar-refractivity contribution is -0.124.